The molecule has 5 nitrogen and oxygen atoms in total. The molecule has 1 unspecified atom stereocenters. The van der Waals surface area contributed by atoms with Crippen molar-refractivity contribution in [3.05, 3.63) is 65.1 Å². The summed E-state index contributed by atoms with van der Waals surface area (Å²) in [6.45, 7) is 5.52. The first kappa shape index (κ1) is 17.9. The predicted molar refractivity (Wildman–Crippen MR) is 94.2 cm³/mol. The summed E-state index contributed by atoms with van der Waals surface area (Å²) in [5.74, 6) is -0.989. The molecule has 0 bridgehead atoms. The number of aliphatic hydroxyl groups excluding tert-OH is 1. The molecule has 0 saturated heterocycles. The first-order chi connectivity index (χ1) is 12.3. The largest absolute Gasteiger partial charge is 0.503 e. The van der Waals surface area contributed by atoms with Gasteiger partial charge in [-0.25, -0.2) is 4.39 Å². The van der Waals surface area contributed by atoms with E-state index < -0.39 is 23.5 Å². The molecule has 1 aliphatic heterocycles. The molecule has 1 aromatic heterocycles. The fourth-order valence-electron chi connectivity index (χ4n) is 3.11. The Morgan fingerprint density at radius 2 is 1.88 bits per heavy atom. The lowest BCUT2D eigenvalue weighted by molar-refractivity contribution is -0.118. The average molecular weight is 357 g/mol. The van der Waals surface area contributed by atoms with E-state index in [1.165, 1.54) is 29.2 Å². The number of carbonyl (C=O) groups is 2. The minimum absolute atomic E-state index is 0.0161. The molecule has 1 aliphatic rings. The molecule has 0 radical (unpaired) electrons. The second-order valence-corrected chi connectivity index (χ2v) is 6.79. The molecule has 0 spiro atoms. The molecule has 3 rings (SSSR count). The van der Waals surface area contributed by atoms with Crippen molar-refractivity contribution in [2.24, 2.45) is 5.92 Å². The molecule has 2 heterocycles. The lowest BCUT2D eigenvalue weighted by Gasteiger charge is -2.25. The Morgan fingerprint density at radius 3 is 2.42 bits per heavy atom. The zero-order valence-corrected chi connectivity index (χ0v) is 14.8. The summed E-state index contributed by atoms with van der Waals surface area (Å²) in [6.07, 6.45) is 0.195. The van der Waals surface area contributed by atoms with Crippen LogP contribution in [0.3, 0.4) is 0 Å². The quantitative estimate of drug-likeness (QED) is 0.869. The van der Waals surface area contributed by atoms with E-state index in [9.17, 15) is 19.1 Å². The Labute approximate surface area is 150 Å². The van der Waals surface area contributed by atoms with Crippen LogP contribution in [0.25, 0.3) is 0 Å². The van der Waals surface area contributed by atoms with Gasteiger partial charge in [0, 0.05) is 12.1 Å². The summed E-state index contributed by atoms with van der Waals surface area (Å²) < 4.78 is 18.9. The number of aliphatic hydroxyl groups is 1. The van der Waals surface area contributed by atoms with Crippen molar-refractivity contribution >= 4 is 17.4 Å². The van der Waals surface area contributed by atoms with Crippen molar-refractivity contribution in [1.29, 1.82) is 0 Å². The number of Topliss-reactive ketones (excluding diaryl/α,β-unsaturated/α-hetero) is 1. The molecule has 1 N–H and O–H groups in total. The lowest BCUT2D eigenvalue weighted by atomic mass is 9.95. The maximum Gasteiger partial charge on any atom is 0.294 e. The zero-order chi connectivity index (χ0) is 19.0. The molecule has 136 valence electrons. The van der Waals surface area contributed by atoms with Crippen molar-refractivity contribution < 1.29 is 23.5 Å². The lowest BCUT2D eigenvalue weighted by Crippen LogP contribution is -2.30. The normalized spacial score (nSPS) is 17.5. The smallest absolute Gasteiger partial charge is 0.294 e. The van der Waals surface area contributed by atoms with Crippen LogP contribution in [0, 0.1) is 18.7 Å². The Balaban J connectivity index is 2.12. The molecule has 1 aromatic carbocycles. The highest BCUT2D eigenvalue weighted by molar-refractivity contribution is 6.16. The van der Waals surface area contributed by atoms with Gasteiger partial charge in [-0.15, -0.1) is 0 Å². The van der Waals surface area contributed by atoms with Crippen LogP contribution in [-0.2, 0) is 9.59 Å². The van der Waals surface area contributed by atoms with Gasteiger partial charge < -0.3 is 9.52 Å². The van der Waals surface area contributed by atoms with Gasteiger partial charge in [-0.2, -0.15) is 0 Å². The number of ketones is 1. The van der Waals surface area contributed by atoms with Crippen LogP contribution in [0.5, 0.6) is 0 Å². The number of amides is 1. The third kappa shape index (κ3) is 3.14. The van der Waals surface area contributed by atoms with Gasteiger partial charge in [-0.05, 0) is 49.2 Å². The number of furan rings is 1. The number of halogens is 1. The molecule has 0 fully saturated rings. The molecule has 1 amide bonds. The van der Waals surface area contributed by atoms with Gasteiger partial charge in [0.15, 0.2) is 11.5 Å². The first-order valence-electron chi connectivity index (χ1n) is 8.41. The summed E-state index contributed by atoms with van der Waals surface area (Å²) >= 11 is 0. The minimum Gasteiger partial charge on any atom is -0.503 e. The maximum absolute atomic E-state index is 13.3. The summed E-state index contributed by atoms with van der Waals surface area (Å²) in [7, 11) is 0. The number of aryl methyl sites for hydroxylation is 1. The second kappa shape index (κ2) is 6.78. The summed E-state index contributed by atoms with van der Waals surface area (Å²) in [5.41, 5.74) is 0.386. The van der Waals surface area contributed by atoms with Gasteiger partial charge >= 0.3 is 0 Å². The van der Waals surface area contributed by atoms with Crippen molar-refractivity contribution in [2.75, 3.05) is 4.90 Å². The monoisotopic (exact) mass is 357 g/mol. The number of benzene rings is 1. The van der Waals surface area contributed by atoms with Crippen LogP contribution in [0.1, 0.15) is 37.8 Å². The molecule has 1 atom stereocenters. The highest BCUT2D eigenvalue weighted by Gasteiger charge is 2.45. The fraction of sp³-hybridized carbons (Fsp3) is 0.300. The Bertz CT molecular complexity index is 879. The summed E-state index contributed by atoms with van der Waals surface area (Å²) in [5, 5.41) is 10.4. The van der Waals surface area contributed by atoms with E-state index in [1.807, 2.05) is 13.8 Å². The van der Waals surface area contributed by atoms with E-state index in [1.54, 1.807) is 19.1 Å². The number of anilines is 1. The number of carbonyl (C=O) groups excluding carboxylic acids is 2. The van der Waals surface area contributed by atoms with Gasteiger partial charge in [-0.1, -0.05) is 13.8 Å². The van der Waals surface area contributed by atoms with Gasteiger partial charge in [0.25, 0.3) is 5.91 Å². The number of hydrogen-bond acceptors (Lipinski definition) is 4. The Hall–Kier alpha value is -2.89. The molecular formula is C20H20FNO4. The maximum atomic E-state index is 13.3. The molecule has 2 aromatic rings. The Morgan fingerprint density at radius 1 is 1.23 bits per heavy atom. The molecule has 0 saturated carbocycles. The molecule has 26 heavy (non-hydrogen) atoms. The van der Waals surface area contributed by atoms with E-state index in [0.29, 0.717) is 17.2 Å². The first-order valence-corrected chi connectivity index (χ1v) is 8.41. The van der Waals surface area contributed by atoms with Gasteiger partial charge in [0.1, 0.15) is 23.4 Å². The highest BCUT2D eigenvalue weighted by Crippen LogP contribution is 2.42. The number of hydrogen-bond donors (Lipinski definition) is 1. The van der Waals surface area contributed by atoms with Crippen LogP contribution in [0.2, 0.25) is 0 Å². The van der Waals surface area contributed by atoms with E-state index in [-0.39, 0.29) is 23.7 Å². The van der Waals surface area contributed by atoms with Crippen LogP contribution in [-0.4, -0.2) is 16.8 Å². The third-order valence-corrected chi connectivity index (χ3v) is 4.24. The zero-order valence-electron chi connectivity index (χ0n) is 14.8. The van der Waals surface area contributed by atoms with Crippen LogP contribution in [0.4, 0.5) is 10.1 Å². The molecule has 0 aliphatic carbocycles. The summed E-state index contributed by atoms with van der Waals surface area (Å²) in [4.78, 5) is 26.7. The van der Waals surface area contributed by atoms with Crippen LogP contribution in [0.15, 0.2) is 52.1 Å². The standard InChI is InChI=1S/C20H20FNO4/c1-11(2)10-15(23)17-18(16-9-4-12(3)26-16)22(20(25)19(17)24)14-7-5-13(21)6-8-14/h4-9,11,18,24H,10H2,1-3H3. The van der Waals surface area contributed by atoms with Crippen LogP contribution < -0.4 is 4.90 Å². The van der Waals surface area contributed by atoms with Gasteiger partial charge in [0.05, 0.1) is 5.57 Å². The molecule has 6 heteroatoms. The average Bonchev–Trinajstić information content (AvgIpc) is 3.10. The van der Waals surface area contributed by atoms with Crippen LogP contribution >= 0.6 is 0 Å². The van der Waals surface area contributed by atoms with Gasteiger partial charge in [0.2, 0.25) is 0 Å². The third-order valence-electron chi connectivity index (χ3n) is 4.24. The van der Waals surface area contributed by atoms with E-state index >= 15 is 0 Å². The fourth-order valence-corrected chi connectivity index (χ4v) is 3.11. The Kier molecular flexibility index (Phi) is 4.68. The van der Waals surface area contributed by atoms with Crippen molar-refractivity contribution in [3.63, 3.8) is 0 Å². The topological polar surface area (TPSA) is 70.8 Å². The van der Waals surface area contributed by atoms with Crippen molar-refractivity contribution in [1.82, 2.24) is 0 Å². The SMILES string of the molecule is Cc1ccc(C2C(C(=O)CC(C)C)=C(O)C(=O)N2c2ccc(F)cc2)o1. The number of rotatable bonds is 5. The predicted octanol–water partition coefficient (Wildman–Crippen LogP) is 4.24. The van der Waals surface area contributed by atoms with E-state index in [0.717, 1.165) is 0 Å². The second-order valence-electron chi connectivity index (χ2n) is 6.79. The van der Waals surface area contributed by atoms with Crippen molar-refractivity contribution in [2.45, 2.75) is 33.2 Å². The summed E-state index contributed by atoms with van der Waals surface area (Å²) in [6, 6.07) is 7.81. The van der Waals surface area contributed by atoms with Crippen molar-refractivity contribution in [3.8, 4) is 0 Å². The van der Waals surface area contributed by atoms with E-state index in [2.05, 4.69) is 0 Å². The van der Waals surface area contributed by atoms with Gasteiger partial charge in [-0.3, -0.25) is 14.5 Å². The number of nitrogens with zero attached hydrogens (tertiary/aromatic N) is 1. The van der Waals surface area contributed by atoms with E-state index in [4.69, 9.17) is 4.42 Å². The minimum atomic E-state index is -0.882. The molecular weight excluding hydrogens is 337 g/mol. The highest BCUT2D eigenvalue weighted by atomic mass is 19.1.